The molecule has 0 saturated carbocycles. The smallest absolute Gasteiger partial charge is 0.251 e. The van der Waals surface area contributed by atoms with Crippen LogP contribution in [-0.4, -0.2) is 43.1 Å². The molecule has 3 aromatic carbocycles. The summed E-state index contributed by atoms with van der Waals surface area (Å²) in [6.45, 7) is 0.383. The lowest BCUT2D eigenvalue weighted by Gasteiger charge is -2.16. The number of fused-ring (bicyclic) bond motifs is 1. The van der Waals surface area contributed by atoms with E-state index in [0.717, 1.165) is 16.3 Å². The first-order chi connectivity index (χ1) is 16.1. The number of benzene rings is 3. The molecular weight excluding hydrogens is 418 g/mol. The lowest BCUT2D eigenvalue weighted by atomic mass is 10.0. The quantitative estimate of drug-likeness (QED) is 0.311. The number of carbonyl (C=O) groups is 4. The average Bonchev–Trinajstić information content (AvgIpc) is 2.85. The van der Waals surface area contributed by atoms with Crippen LogP contribution in [0.4, 0.5) is 0 Å². The second-order valence-electron chi connectivity index (χ2n) is 7.58. The molecule has 0 bridgehead atoms. The highest BCUT2D eigenvalue weighted by molar-refractivity contribution is 6.07. The summed E-state index contributed by atoms with van der Waals surface area (Å²) >= 11 is 0. The molecule has 3 aromatic rings. The van der Waals surface area contributed by atoms with Crippen LogP contribution in [0.1, 0.15) is 28.8 Å². The van der Waals surface area contributed by atoms with Gasteiger partial charge in [-0.15, -0.1) is 0 Å². The molecule has 33 heavy (non-hydrogen) atoms. The van der Waals surface area contributed by atoms with Gasteiger partial charge in [-0.1, -0.05) is 66.7 Å². The molecule has 0 aliphatic carbocycles. The van der Waals surface area contributed by atoms with Crippen molar-refractivity contribution in [2.75, 3.05) is 13.1 Å². The molecule has 3 N–H and O–H groups in total. The molecule has 1 atom stereocenters. The van der Waals surface area contributed by atoms with Crippen molar-refractivity contribution in [2.24, 2.45) is 0 Å². The number of rotatable bonds is 11. The predicted molar refractivity (Wildman–Crippen MR) is 127 cm³/mol. The summed E-state index contributed by atoms with van der Waals surface area (Å²) in [4.78, 5) is 48.2. The lowest BCUT2D eigenvalue weighted by Crippen LogP contribution is -2.48. The molecular formula is C26H27N3O4. The van der Waals surface area contributed by atoms with Gasteiger partial charge in [-0.2, -0.15) is 0 Å². The highest BCUT2D eigenvalue weighted by Gasteiger charge is 2.20. The van der Waals surface area contributed by atoms with Crippen LogP contribution in [0.15, 0.2) is 72.8 Å². The van der Waals surface area contributed by atoms with Crippen molar-refractivity contribution in [1.82, 2.24) is 16.0 Å². The maximum absolute atomic E-state index is 12.5. The Morgan fingerprint density at radius 1 is 0.818 bits per heavy atom. The summed E-state index contributed by atoms with van der Waals surface area (Å²) in [5, 5.41) is 9.89. The highest BCUT2D eigenvalue weighted by Crippen LogP contribution is 2.18. The molecule has 0 radical (unpaired) electrons. The Morgan fingerprint density at radius 3 is 2.30 bits per heavy atom. The molecule has 0 fully saturated rings. The van der Waals surface area contributed by atoms with E-state index in [-0.39, 0.29) is 37.7 Å². The third-order valence-corrected chi connectivity index (χ3v) is 5.21. The average molecular weight is 446 g/mol. The van der Waals surface area contributed by atoms with Crippen LogP contribution < -0.4 is 16.0 Å². The highest BCUT2D eigenvalue weighted by atomic mass is 16.2. The largest absolute Gasteiger partial charge is 0.353 e. The zero-order chi connectivity index (χ0) is 23.5. The minimum Gasteiger partial charge on any atom is -0.353 e. The van der Waals surface area contributed by atoms with E-state index < -0.39 is 11.9 Å². The summed E-state index contributed by atoms with van der Waals surface area (Å²) in [6, 6.07) is 21.7. The normalized spacial score (nSPS) is 11.4. The zero-order valence-electron chi connectivity index (χ0n) is 18.3. The van der Waals surface area contributed by atoms with Crippen LogP contribution in [-0.2, 0) is 20.8 Å². The molecule has 7 nitrogen and oxygen atoms in total. The van der Waals surface area contributed by atoms with Gasteiger partial charge in [-0.05, 0) is 28.8 Å². The Hall–Kier alpha value is -4.00. The summed E-state index contributed by atoms with van der Waals surface area (Å²) < 4.78 is 0. The monoisotopic (exact) mass is 445 g/mol. The maximum atomic E-state index is 12.5. The fourth-order valence-electron chi connectivity index (χ4n) is 3.50. The van der Waals surface area contributed by atoms with Gasteiger partial charge in [0.15, 0.2) is 0 Å². The summed E-state index contributed by atoms with van der Waals surface area (Å²) in [5.74, 6) is -1.00. The summed E-state index contributed by atoms with van der Waals surface area (Å²) in [7, 11) is 0. The SMILES string of the molecule is O=CCC(NC(=O)CCc1ccccc1)C(=O)NCCNC(=O)c1cccc2ccccc12. The molecule has 0 aromatic heterocycles. The van der Waals surface area contributed by atoms with Gasteiger partial charge in [0.05, 0.1) is 0 Å². The van der Waals surface area contributed by atoms with E-state index in [1.54, 1.807) is 6.07 Å². The standard InChI is InChI=1S/C26H27N3O4/c30-18-15-23(29-24(31)14-13-19-7-2-1-3-8-19)26(33)28-17-16-27-25(32)22-12-6-10-20-9-4-5-11-21(20)22/h1-12,18,23H,13-17H2,(H,27,32)(H,28,33)(H,29,31). The molecule has 0 saturated heterocycles. The van der Waals surface area contributed by atoms with Crippen molar-refractivity contribution in [1.29, 1.82) is 0 Å². The molecule has 3 amide bonds. The van der Waals surface area contributed by atoms with Crippen molar-refractivity contribution in [3.8, 4) is 0 Å². The first kappa shape index (κ1) is 23.7. The second kappa shape index (κ2) is 12.1. The van der Waals surface area contributed by atoms with Gasteiger partial charge >= 0.3 is 0 Å². The Morgan fingerprint density at radius 2 is 1.52 bits per heavy atom. The maximum Gasteiger partial charge on any atom is 0.251 e. The van der Waals surface area contributed by atoms with E-state index >= 15 is 0 Å². The van der Waals surface area contributed by atoms with E-state index in [4.69, 9.17) is 0 Å². The lowest BCUT2D eigenvalue weighted by molar-refractivity contribution is -0.129. The number of hydrogen-bond donors (Lipinski definition) is 3. The molecule has 0 spiro atoms. The number of nitrogens with one attached hydrogen (secondary N) is 3. The van der Waals surface area contributed by atoms with Crippen LogP contribution in [0.5, 0.6) is 0 Å². The molecule has 0 aliphatic heterocycles. The van der Waals surface area contributed by atoms with Crippen LogP contribution in [0, 0.1) is 0 Å². The van der Waals surface area contributed by atoms with Crippen LogP contribution in [0.2, 0.25) is 0 Å². The van der Waals surface area contributed by atoms with Crippen molar-refractivity contribution >= 4 is 34.8 Å². The first-order valence-electron chi connectivity index (χ1n) is 10.9. The first-order valence-corrected chi connectivity index (χ1v) is 10.9. The Kier molecular flexibility index (Phi) is 8.71. The summed E-state index contributed by atoms with van der Waals surface area (Å²) in [5.41, 5.74) is 1.58. The second-order valence-corrected chi connectivity index (χ2v) is 7.58. The van der Waals surface area contributed by atoms with Crippen LogP contribution >= 0.6 is 0 Å². The number of aryl methyl sites for hydroxylation is 1. The van der Waals surface area contributed by atoms with Gasteiger partial charge in [-0.3, -0.25) is 14.4 Å². The molecule has 0 heterocycles. The molecule has 7 heteroatoms. The van der Waals surface area contributed by atoms with Gasteiger partial charge < -0.3 is 20.7 Å². The minimum atomic E-state index is -0.945. The fourth-order valence-corrected chi connectivity index (χ4v) is 3.50. The summed E-state index contributed by atoms with van der Waals surface area (Å²) in [6.07, 6.45) is 1.24. The fraction of sp³-hybridized carbons (Fsp3) is 0.231. The van der Waals surface area contributed by atoms with Gasteiger partial charge in [0.25, 0.3) is 5.91 Å². The molecule has 170 valence electrons. The van der Waals surface area contributed by atoms with Crippen molar-refractivity contribution in [3.63, 3.8) is 0 Å². The molecule has 1 unspecified atom stereocenters. The van der Waals surface area contributed by atoms with E-state index in [9.17, 15) is 19.2 Å². The van der Waals surface area contributed by atoms with Crippen molar-refractivity contribution in [3.05, 3.63) is 83.9 Å². The molecule has 3 rings (SSSR count). The number of carbonyl (C=O) groups excluding carboxylic acids is 4. The van der Waals surface area contributed by atoms with Crippen molar-refractivity contribution in [2.45, 2.75) is 25.3 Å². The zero-order valence-corrected chi connectivity index (χ0v) is 18.3. The van der Waals surface area contributed by atoms with Gasteiger partial charge in [0.2, 0.25) is 11.8 Å². The van der Waals surface area contributed by atoms with E-state index in [2.05, 4.69) is 16.0 Å². The molecule has 0 aliphatic rings. The van der Waals surface area contributed by atoms with Gasteiger partial charge in [-0.25, -0.2) is 0 Å². The topological polar surface area (TPSA) is 104 Å². The minimum absolute atomic E-state index is 0.120. The third-order valence-electron chi connectivity index (χ3n) is 5.21. The number of hydrogen-bond acceptors (Lipinski definition) is 4. The van der Waals surface area contributed by atoms with Gasteiger partial charge in [0, 0.05) is 31.5 Å². The Bertz CT molecular complexity index is 1110. The van der Waals surface area contributed by atoms with Crippen molar-refractivity contribution < 1.29 is 19.2 Å². The van der Waals surface area contributed by atoms with E-state index in [1.807, 2.05) is 66.7 Å². The Labute approximate surface area is 192 Å². The third kappa shape index (κ3) is 7.00. The van der Waals surface area contributed by atoms with Crippen LogP contribution in [0.25, 0.3) is 10.8 Å². The van der Waals surface area contributed by atoms with E-state index in [1.165, 1.54) is 0 Å². The number of amides is 3. The number of aldehydes is 1. The van der Waals surface area contributed by atoms with Crippen LogP contribution in [0.3, 0.4) is 0 Å². The van der Waals surface area contributed by atoms with Gasteiger partial charge in [0.1, 0.15) is 12.3 Å². The predicted octanol–water partition coefficient (Wildman–Crippen LogP) is 2.39. The van der Waals surface area contributed by atoms with E-state index in [0.29, 0.717) is 18.3 Å². The Balaban J connectivity index is 1.44.